The molecule has 5 nitrogen and oxygen atoms in total. The molecule has 1 fully saturated rings. The fourth-order valence-corrected chi connectivity index (χ4v) is 1.76. The quantitative estimate of drug-likeness (QED) is 0.754. The zero-order valence-electron chi connectivity index (χ0n) is 9.35. The van der Waals surface area contributed by atoms with E-state index in [0.717, 1.165) is 5.69 Å². The minimum atomic E-state index is -0.318. The Balaban J connectivity index is 1.91. The van der Waals surface area contributed by atoms with E-state index in [1.165, 1.54) is 12.8 Å². The van der Waals surface area contributed by atoms with Gasteiger partial charge in [-0.2, -0.15) is 0 Å². The molecule has 1 aliphatic carbocycles. The van der Waals surface area contributed by atoms with Crippen LogP contribution in [-0.2, 0) is 6.54 Å². The number of benzene rings is 1. The summed E-state index contributed by atoms with van der Waals surface area (Å²) in [5.41, 5.74) is 1.18. The van der Waals surface area contributed by atoms with Crippen LogP contribution in [-0.4, -0.2) is 11.3 Å². The number of nitrogens with zero attached hydrogens (tertiary/aromatic N) is 1. The van der Waals surface area contributed by atoms with Gasteiger partial charge in [0.05, 0.1) is 6.54 Å². The minimum absolute atomic E-state index is 0.318. The molecule has 0 amide bonds. The van der Waals surface area contributed by atoms with Crippen molar-refractivity contribution in [3.63, 3.8) is 0 Å². The predicted molar refractivity (Wildman–Crippen MR) is 60.7 cm³/mol. The highest BCUT2D eigenvalue weighted by molar-refractivity contribution is 5.21. The van der Waals surface area contributed by atoms with E-state index in [2.05, 4.69) is 10.6 Å². The second kappa shape index (κ2) is 4.18. The lowest BCUT2D eigenvalue weighted by atomic mass is 10.3. The van der Waals surface area contributed by atoms with Crippen molar-refractivity contribution in [3.8, 4) is 5.69 Å². The van der Waals surface area contributed by atoms with Gasteiger partial charge in [0.1, 0.15) is 0 Å². The van der Waals surface area contributed by atoms with E-state index in [-0.39, 0.29) is 5.63 Å². The zero-order chi connectivity index (χ0) is 11.7. The van der Waals surface area contributed by atoms with Crippen molar-refractivity contribution in [1.29, 1.82) is 0 Å². The third-order valence-corrected chi connectivity index (χ3v) is 2.89. The lowest BCUT2D eigenvalue weighted by Gasteiger charge is -1.96. The van der Waals surface area contributed by atoms with Gasteiger partial charge in [0.2, 0.25) is 5.69 Å². The van der Waals surface area contributed by atoms with E-state index in [1.54, 1.807) is 4.68 Å². The molecular formula is C12H14N3O2+. The lowest BCUT2D eigenvalue weighted by molar-refractivity contribution is -0.677. The highest BCUT2D eigenvalue weighted by atomic mass is 16.5. The molecule has 88 valence electrons. The SMILES string of the molecule is O=c1o[nH][n+](-c2ccccc2)c1CNC1CC1. The van der Waals surface area contributed by atoms with Gasteiger partial charge >= 0.3 is 11.3 Å². The number of para-hydroxylation sites is 1. The summed E-state index contributed by atoms with van der Waals surface area (Å²) < 4.78 is 6.52. The highest BCUT2D eigenvalue weighted by Crippen LogP contribution is 2.18. The summed E-state index contributed by atoms with van der Waals surface area (Å²) in [6, 6.07) is 10.2. The number of H-pyrrole nitrogens is 1. The number of nitrogens with one attached hydrogen (secondary N) is 2. The first-order valence-corrected chi connectivity index (χ1v) is 5.76. The van der Waals surface area contributed by atoms with Crippen molar-refractivity contribution in [2.24, 2.45) is 0 Å². The molecule has 5 heteroatoms. The number of aromatic amines is 1. The Bertz CT molecular complexity index is 555. The maximum atomic E-state index is 11.6. The molecule has 0 spiro atoms. The van der Waals surface area contributed by atoms with Gasteiger partial charge in [-0.15, -0.1) is 0 Å². The Morgan fingerprint density at radius 1 is 1.35 bits per heavy atom. The molecule has 0 radical (unpaired) electrons. The summed E-state index contributed by atoms with van der Waals surface area (Å²) in [7, 11) is 0. The van der Waals surface area contributed by atoms with Crippen LogP contribution >= 0.6 is 0 Å². The van der Waals surface area contributed by atoms with E-state index >= 15 is 0 Å². The van der Waals surface area contributed by atoms with Crippen LogP contribution in [0, 0.1) is 0 Å². The second-order valence-corrected chi connectivity index (χ2v) is 4.25. The van der Waals surface area contributed by atoms with Gasteiger partial charge in [0.25, 0.3) is 0 Å². The number of hydrogen-bond acceptors (Lipinski definition) is 3. The Hall–Kier alpha value is -1.88. The van der Waals surface area contributed by atoms with Gasteiger partial charge in [-0.1, -0.05) is 18.2 Å². The van der Waals surface area contributed by atoms with E-state index in [1.807, 2.05) is 30.3 Å². The van der Waals surface area contributed by atoms with Crippen LogP contribution in [0.2, 0.25) is 0 Å². The number of rotatable bonds is 4. The van der Waals surface area contributed by atoms with Crippen molar-refractivity contribution in [2.45, 2.75) is 25.4 Å². The summed E-state index contributed by atoms with van der Waals surface area (Å²) in [5.74, 6) is 0. The second-order valence-electron chi connectivity index (χ2n) is 4.25. The van der Waals surface area contributed by atoms with Gasteiger partial charge in [0, 0.05) is 18.2 Å². The maximum absolute atomic E-state index is 11.6. The van der Waals surface area contributed by atoms with Crippen LogP contribution in [0.1, 0.15) is 18.5 Å². The monoisotopic (exact) mass is 232 g/mol. The van der Waals surface area contributed by atoms with Gasteiger partial charge < -0.3 is 5.32 Å². The van der Waals surface area contributed by atoms with Crippen LogP contribution < -0.4 is 15.6 Å². The number of aromatic nitrogens is 2. The molecule has 2 N–H and O–H groups in total. The fraction of sp³-hybridized carbons (Fsp3) is 0.333. The predicted octanol–water partition coefficient (Wildman–Crippen LogP) is 0.497. The summed E-state index contributed by atoms with van der Waals surface area (Å²) in [6.45, 7) is 0.533. The molecule has 3 rings (SSSR count). The van der Waals surface area contributed by atoms with E-state index in [0.29, 0.717) is 18.3 Å². The average Bonchev–Trinajstić information content (AvgIpc) is 3.12. The lowest BCUT2D eigenvalue weighted by Crippen LogP contribution is -2.41. The Labute approximate surface area is 98.0 Å². The molecule has 17 heavy (non-hydrogen) atoms. The molecule has 1 aromatic heterocycles. The van der Waals surface area contributed by atoms with Crippen molar-refractivity contribution >= 4 is 0 Å². The Kier molecular flexibility index (Phi) is 2.53. The highest BCUT2D eigenvalue weighted by Gasteiger charge is 2.27. The third-order valence-electron chi connectivity index (χ3n) is 2.89. The molecule has 1 heterocycles. The smallest absolute Gasteiger partial charge is 0.304 e. The standard InChI is InChI=1S/C12H13N3O2/c16-12-11(8-13-9-6-7-9)15(14-17-12)10-4-2-1-3-5-10/h1-5,9,13H,6-8H2/p+1. The van der Waals surface area contributed by atoms with Crippen molar-refractivity contribution in [2.75, 3.05) is 0 Å². The van der Waals surface area contributed by atoms with Gasteiger partial charge in [-0.25, -0.2) is 4.79 Å². The molecule has 1 aromatic carbocycles. The molecule has 0 aliphatic heterocycles. The first-order valence-electron chi connectivity index (χ1n) is 5.76. The van der Waals surface area contributed by atoms with Crippen LogP contribution in [0.4, 0.5) is 0 Å². The third kappa shape index (κ3) is 2.14. The van der Waals surface area contributed by atoms with E-state index in [4.69, 9.17) is 4.52 Å². The topological polar surface area (TPSA) is 61.9 Å². The van der Waals surface area contributed by atoms with Gasteiger partial charge in [0.15, 0.2) is 0 Å². The summed E-state index contributed by atoms with van der Waals surface area (Å²) in [6.07, 6.45) is 2.39. The first kappa shape index (κ1) is 10.3. The molecule has 0 atom stereocenters. The molecule has 1 saturated carbocycles. The van der Waals surface area contributed by atoms with Gasteiger partial charge in [-0.3, -0.25) is 4.52 Å². The molecule has 1 aliphatic rings. The molecule has 0 saturated heterocycles. The normalized spacial score (nSPS) is 15.1. The van der Waals surface area contributed by atoms with Crippen LogP contribution in [0.25, 0.3) is 5.69 Å². The number of hydrogen-bond donors (Lipinski definition) is 2. The molecule has 2 aromatic rings. The Morgan fingerprint density at radius 3 is 2.82 bits per heavy atom. The van der Waals surface area contributed by atoms with Crippen molar-refractivity contribution in [1.82, 2.24) is 10.6 Å². The van der Waals surface area contributed by atoms with Crippen LogP contribution in [0.5, 0.6) is 0 Å². The largest absolute Gasteiger partial charge is 0.431 e. The molecular weight excluding hydrogens is 218 g/mol. The van der Waals surface area contributed by atoms with E-state index in [9.17, 15) is 4.79 Å². The van der Waals surface area contributed by atoms with Gasteiger partial charge in [-0.05, 0) is 22.8 Å². The summed E-state index contributed by atoms with van der Waals surface area (Å²) in [5, 5.41) is 5.93. The Morgan fingerprint density at radius 2 is 2.12 bits per heavy atom. The average molecular weight is 232 g/mol. The summed E-state index contributed by atoms with van der Waals surface area (Å²) >= 11 is 0. The van der Waals surface area contributed by atoms with Crippen LogP contribution in [0.3, 0.4) is 0 Å². The molecule has 0 unspecified atom stereocenters. The van der Waals surface area contributed by atoms with Crippen LogP contribution in [0.15, 0.2) is 39.6 Å². The summed E-state index contributed by atoms with van der Waals surface area (Å²) in [4.78, 5) is 11.6. The van der Waals surface area contributed by atoms with Crippen molar-refractivity contribution < 1.29 is 9.20 Å². The zero-order valence-corrected chi connectivity index (χ0v) is 9.35. The maximum Gasteiger partial charge on any atom is 0.431 e. The van der Waals surface area contributed by atoms with Crippen molar-refractivity contribution in [3.05, 3.63) is 46.4 Å². The fourth-order valence-electron chi connectivity index (χ4n) is 1.76. The minimum Gasteiger partial charge on any atom is -0.304 e. The van der Waals surface area contributed by atoms with E-state index < -0.39 is 0 Å². The molecule has 0 bridgehead atoms. The first-order chi connectivity index (χ1) is 8.34.